The highest BCUT2D eigenvalue weighted by Crippen LogP contribution is 2.31. The average Bonchev–Trinajstić information content (AvgIpc) is 2.85. The normalized spacial score (nSPS) is 14.2. The molecule has 0 atom stereocenters. The average molecular weight is 248 g/mol. The number of aromatic amines is 1. The van der Waals surface area contributed by atoms with E-state index in [0.29, 0.717) is 11.7 Å². The van der Waals surface area contributed by atoms with E-state index in [1.807, 2.05) is 18.2 Å². The summed E-state index contributed by atoms with van der Waals surface area (Å²) in [6.07, 6.45) is 2.14. The number of carbonyl (C=O) groups is 1. The SMILES string of the molecule is CN1C(=O)Cc2cc(-c3cnc(Cl)[nH]3)ccc21. The van der Waals surface area contributed by atoms with E-state index in [1.54, 1.807) is 18.1 Å². The lowest BCUT2D eigenvalue weighted by Gasteiger charge is -2.09. The van der Waals surface area contributed by atoms with Gasteiger partial charge in [-0.25, -0.2) is 4.98 Å². The second-order valence-corrected chi connectivity index (χ2v) is 4.42. The Bertz CT molecular complexity index is 606. The van der Waals surface area contributed by atoms with Crippen LogP contribution >= 0.6 is 11.6 Å². The fraction of sp³-hybridized carbons (Fsp3) is 0.167. The number of nitrogens with zero attached hydrogens (tertiary/aromatic N) is 2. The smallest absolute Gasteiger partial charge is 0.231 e. The molecule has 17 heavy (non-hydrogen) atoms. The molecule has 0 aliphatic carbocycles. The number of halogens is 1. The Morgan fingerprint density at radius 3 is 3.00 bits per heavy atom. The predicted molar refractivity (Wildman–Crippen MR) is 66.1 cm³/mol. The Kier molecular flexibility index (Phi) is 2.19. The molecule has 0 unspecified atom stereocenters. The van der Waals surface area contributed by atoms with Gasteiger partial charge in [-0.15, -0.1) is 0 Å². The number of carbonyl (C=O) groups excluding carboxylic acids is 1. The first kappa shape index (κ1) is 10.4. The van der Waals surface area contributed by atoms with Crippen molar-refractivity contribution in [1.82, 2.24) is 9.97 Å². The first-order valence-electron chi connectivity index (χ1n) is 5.25. The summed E-state index contributed by atoms with van der Waals surface area (Å²) >= 11 is 5.74. The van der Waals surface area contributed by atoms with Crippen molar-refractivity contribution in [2.75, 3.05) is 11.9 Å². The van der Waals surface area contributed by atoms with Crippen molar-refractivity contribution in [2.24, 2.45) is 0 Å². The first-order chi connectivity index (χ1) is 8.15. The maximum absolute atomic E-state index is 11.6. The monoisotopic (exact) mass is 247 g/mol. The standard InChI is InChI=1S/C12H10ClN3O/c1-16-10-3-2-7(4-8(10)5-11(16)17)9-6-14-12(13)15-9/h2-4,6H,5H2,1H3,(H,14,15). The summed E-state index contributed by atoms with van der Waals surface area (Å²) in [5.41, 5.74) is 3.87. The minimum absolute atomic E-state index is 0.125. The van der Waals surface area contributed by atoms with Gasteiger partial charge in [0, 0.05) is 18.3 Å². The highest BCUT2D eigenvalue weighted by atomic mass is 35.5. The van der Waals surface area contributed by atoms with Crippen molar-refractivity contribution in [3.63, 3.8) is 0 Å². The van der Waals surface area contributed by atoms with Crippen molar-refractivity contribution in [2.45, 2.75) is 6.42 Å². The summed E-state index contributed by atoms with van der Waals surface area (Å²) in [6, 6.07) is 5.91. The molecule has 2 aromatic rings. The number of benzene rings is 1. The lowest BCUT2D eigenvalue weighted by molar-refractivity contribution is -0.117. The van der Waals surface area contributed by atoms with Crippen molar-refractivity contribution < 1.29 is 4.79 Å². The van der Waals surface area contributed by atoms with E-state index < -0.39 is 0 Å². The number of aromatic nitrogens is 2. The minimum Gasteiger partial charge on any atom is -0.329 e. The zero-order valence-corrected chi connectivity index (χ0v) is 9.95. The van der Waals surface area contributed by atoms with E-state index in [1.165, 1.54) is 0 Å². The van der Waals surface area contributed by atoms with Crippen LogP contribution in [0.3, 0.4) is 0 Å². The van der Waals surface area contributed by atoms with Crippen molar-refractivity contribution in [1.29, 1.82) is 0 Å². The lowest BCUT2D eigenvalue weighted by Crippen LogP contribution is -2.20. The molecule has 0 saturated carbocycles. The highest BCUT2D eigenvalue weighted by Gasteiger charge is 2.24. The van der Waals surface area contributed by atoms with E-state index >= 15 is 0 Å². The minimum atomic E-state index is 0.125. The quantitative estimate of drug-likeness (QED) is 0.840. The number of likely N-dealkylation sites (N-methyl/N-ethyl adjacent to an activating group) is 1. The number of hydrogen-bond acceptors (Lipinski definition) is 2. The Balaban J connectivity index is 2.06. The van der Waals surface area contributed by atoms with Gasteiger partial charge in [0.25, 0.3) is 0 Å². The summed E-state index contributed by atoms with van der Waals surface area (Å²) in [5.74, 6) is 0.125. The van der Waals surface area contributed by atoms with Crippen LogP contribution in [-0.4, -0.2) is 22.9 Å². The number of nitrogens with one attached hydrogen (secondary N) is 1. The van der Waals surface area contributed by atoms with Gasteiger partial charge >= 0.3 is 0 Å². The molecule has 0 fully saturated rings. The molecule has 1 aliphatic heterocycles. The molecule has 1 aromatic heterocycles. The van der Waals surface area contributed by atoms with E-state index in [-0.39, 0.29) is 5.91 Å². The molecule has 3 rings (SSSR count). The van der Waals surface area contributed by atoms with Gasteiger partial charge in [0.05, 0.1) is 18.3 Å². The zero-order valence-electron chi connectivity index (χ0n) is 9.20. The summed E-state index contributed by atoms with van der Waals surface area (Å²) in [7, 11) is 1.79. The third kappa shape index (κ3) is 1.61. The van der Waals surface area contributed by atoms with Crippen LogP contribution in [0, 0.1) is 0 Å². The van der Waals surface area contributed by atoms with Gasteiger partial charge in [-0.05, 0) is 29.3 Å². The third-order valence-electron chi connectivity index (χ3n) is 3.01. The fourth-order valence-electron chi connectivity index (χ4n) is 2.08. The van der Waals surface area contributed by atoms with Crippen molar-refractivity contribution >= 4 is 23.2 Å². The molecule has 1 N–H and O–H groups in total. The Morgan fingerprint density at radius 1 is 1.47 bits per heavy atom. The number of hydrogen-bond donors (Lipinski definition) is 1. The topological polar surface area (TPSA) is 49.0 Å². The highest BCUT2D eigenvalue weighted by molar-refractivity contribution is 6.28. The summed E-state index contributed by atoms with van der Waals surface area (Å²) in [6.45, 7) is 0. The van der Waals surface area contributed by atoms with Gasteiger partial charge in [-0.3, -0.25) is 4.79 Å². The van der Waals surface area contributed by atoms with E-state index in [2.05, 4.69) is 9.97 Å². The van der Waals surface area contributed by atoms with Gasteiger partial charge in [0.1, 0.15) is 0 Å². The molecule has 2 heterocycles. The molecule has 0 bridgehead atoms. The third-order valence-corrected chi connectivity index (χ3v) is 3.20. The van der Waals surface area contributed by atoms with Crippen LogP contribution in [0.5, 0.6) is 0 Å². The predicted octanol–water partition coefficient (Wildman–Crippen LogP) is 2.25. The van der Waals surface area contributed by atoms with Gasteiger partial charge in [-0.2, -0.15) is 0 Å². The maximum atomic E-state index is 11.6. The second kappa shape index (κ2) is 3.60. The van der Waals surface area contributed by atoms with Gasteiger partial charge < -0.3 is 9.88 Å². The molecule has 4 nitrogen and oxygen atoms in total. The van der Waals surface area contributed by atoms with E-state index in [9.17, 15) is 4.79 Å². The van der Waals surface area contributed by atoms with Crippen LogP contribution in [0.15, 0.2) is 24.4 Å². The van der Waals surface area contributed by atoms with Gasteiger partial charge in [0.15, 0.2) is 5.28 Å². The number of anilines is 1. The van der Waals surface area contributed by atoms with Crippen LogP contribution < -0.4 is 4.90 Å². The number of imidazole rings is 1. The van der Waals surface area contributed by atoms with Gasteiger partial charge in [-0.1, -0.05) is 6.07 Å². The number of H-pyrrole nitrogens is 1. The van der Waals surface area contributed by atoms with E-state index in [0.717, 1.165) is 22.5 Å². The molecule has 0 radical (unpaired) electrons. The van der Waals surface area contributed by atoms with Crippen LogP contribution in [-0.2, 0) is 11.2 Å². The number of rotatable bonds is 1. The molecule has 1 aromatic carbocycles. The molecular formula is C12H10ClN3O. The molecule has 0 saturated heterocycles. The van der Waals surface area contributed by atoms with Crippen molar-refractivity contribution in [3.05, 3.63) is 35.2 Å². The molecule has 86 valence electrons. The van der Waals surface area contributed by atoms with Crippen molar-refractivity contribution in [3.8, 4) is 11.3 Å². The summed E-state index contributed by atoms with van der Waals surface area (Å²) in [4.78, 5) is 20.2. The fourth-order valence-corrected chi connectivity index (χ4v) is 2.23. The molecule has 1 amide bonds. The summed E-state index contributed by atoms with van der Waals surface area (Å²) < 4.78 is 0. The largest absolute Gasteiger partial charge is 0.329 e. The maximum Gasteiger partial charge on any atom is 0.231 e. The second-order valence-electron chi connectivity index (χ2n) is 4.06. The Hall–Kier alpha value is -1.81. The Labute approximate surface area is 103 Å². The van der Waals surface area contributed by atoms with Gasteiger partial charge in [0.2, 0.25) is 5.91 Å². The van der Waals surface area contributed by atoms with Crippen LogP contribution in [0.2, 0.25) is 5.28 Å². The molecule has 0 spiro atoms. The van der Waals surface area contributed by atoms with E-state index in [4.69, 9.17) is 11.6 Å². The number of amides is 1. The molecule has 5 heteroatoms. The molecular weight excluding hydrogens is 238 g/mol. The van der Waals surface area contributed by atoms with Crippen LogP contribution in [0.1, 0.15) is 5.56 Å². The number of fused-ring (bicyclic) bond motifs is 1. The lowest BCUT2D eigenvalue weighted by atomic mass is 10.1. The Morgan fingerprint density at radius 2 is 2.29 bits per heavy atom. The molecule has 1 aliphatic rings. The first-order valence-corrected chi connectivity index (χ1v) is 5.63. The zero-order chi connectivity index (χ0) is 12.0. The van der Waals surface area contributed by atoms with Crippen LogP contribution in [0.4, 0.5) is 5.69 Å². The van der Waals surface area contributed by atoms with Crippen LogP contribution in [0.25, 0.3) is 11.3 Å². The summed E-state index contributed by atoms with van der Waals surface area (Å²) in [5, 5.41) is 0.369.